The van der Waals surface area contributed by atoms with Gasteiger partial charge in [-0.2, -0.15) is 13.2 Å². The Labute approximate surface area is 113 Å². The van der Waals surface area contributed by atoms with Gasteiger partial charge in [-0.05, 0) is 6.42 Å². The summed E-state index contributed by atoms with van der Waals surface area (Å²) in [4.78, 5) is 23.3. The molecule has 2 amide bonds. The number of ether oxygens (including phenoxy) is 1. The second kappa shape index (κ2) is 6.78. The average molecular weight is 298 g/mol. The van der Waals surface area contributed by atoms with Crippen LogP contribution in [0.15, 0.2) is 0 Å². The fourth-order valence-corrected chi connectivity index (χ4v) is 1.93. The number of hydrogen-bond donors (Lipinski definition) is 2. The van der Waals surface area contributed by atoms with Gasteiger partial charge in [0.05, 0.1) is 19.3 Å². The van der Waals surface area contributed by atoms with E-state index in [0.717, 1.165) is 0 Å². The van der Waals surface area contributed by atoms with Gasteiger partial charge in [0.1, 0.15) is 12.5 Å². The minimum absolute atomic E-state index is 0.0192. The van der Waals surface area contributed by atoms with E-state index >= 15 is 0 Å². The summed E-state index contributed by atoms with van der Waals surface area (Å²) in [6.07, 6.45) is -4.13. The van der Waals surface area contributed by atoms with Crippen molar-refractivity contribution in [2.45, 2.75) is 25.6 Å². The molecular formula is C11H17F3N2O4. The molecule has 2 atom stereocenters. The lowest BCUT2D eigenvalue weighted by molar-refractivity contribution is -0.143. The Hall–Kier alpha value is -1.51. The number of nitrogens with zero attached hydrogens (tertiary/aromatic N) is 1. The van der Waals surface area contributed by atoms with Gasteiger partial charge in [-0.1, -0.05) is 6.92 Å². The fourth-order valence-electron chi connectivity index (χ4n) is 1.93. The Bertz CT molecular complexity index is 362. The van der Waals surface area contributed by atoms with Crippen LogP contribution in [0.5, 0.6) is 0 Å². The van der Waals surface area contributed by atoms with E-state index in [0.29, 0.717) is 11.3 Å². The van der Waals surface area contributed by atoms with Crippen molar-refractivity contribution in [2.24, 2.45) is 5.92 Å². The molecule has 0 aromatic rings. The van der Waals surface area contributed by atoms with Crippen molar-refractivity contribution in [3.63, 3.8) is 0 Å². The van der Waals surface area contributed by atoms with Crippen LogP contribution >= 0.6 is 0 Å². The quantitative estimate of drug-likeness (QED) is 0.796. The normalized spacial score (nSPS) is 22.6. The third-order valence-corrected chi connectivity index (χ3v) is 2.86. The molecule has 1 fully saturated rings. The van der Waals surface area contributed by atoms with E-state index in [-0.39, 0.29) is 19.8 Å². The van der Waals surface area contributed by atoms with Crippen LogP contribution in [0, 0.1) is 5.92 Å². The van der Waals surface area contributed by atoms with Crippen molar-refractivity contribution in [1.82, 2.24) is 10.2 Å². The molecule has 0 spiro atoms. The van der Waals surface area contributed by atoms with E-state index in [1.807, 2.05) is 0 Å². The van der Waals surface area contributed by atoms with E-state index in [2.05, 4.69) is 5.32 Å². The second-order valence-electron chi connectivity index (χ2n) is 4.57. The molecule has 2 unspecified atom stereocenters. The molecule has 1 aliphatic rings. The minimum atomic E-state index is -4.50. The number of urea groups is 1. The molecular weight excluding hydrogens is 281 g/mol. The molecule has 20 heavy (non-hydrogen) atoms. The number of alkyl halides is 3. The molecule has 1 aliphatic heterocycles. The summed E-state index contributed by atoms with van der Waals surface area (Å²) in [5.41, 5.74) is 0. The predicted molar refractivity (Wildman–Crippen MR) is 62.2 cm³/mol. The zero-order chi connectivity index (χ0) is 15.3. The molecule has 6 nitrogen and oxygen atoms in total. The topological polar surface area (TPSA) is 78.9 Å². The molecule has 0 radical (unpaired) electrons. The van der Waals surface area contributed by atoms with Crippen molar-refractivity contribution in [3.05, 3.63) is 0 Å². The van der Waals surface area contributed by atoms with Crippen LogP contribution in [0.2, 0.25) is 0 Å². The van der Waals surface area contributed by atoms with Crippen LogP contribution in [0.4, 0.5) is 18.0 Å². The van der Waals surface area contributed by atoms with Crippen molar-refractivity contribution in [2.75, 3.05) is 26.3 Å². The molecule has 9 heteroatoms. The van der Waals surface area contributed by atoms with Crippen LogP contribution in [0.1, 0.15) is 13.3 Å². The van der Waals surface area contributed by atoms with Crippen molar-refractivity contribution < 1.29 is 32.6 Å². The molecule has 0 aliphatic carbocycles. The van der Waals surface area contributed by atoms with Gasteiger partial charge in [-0.25, -0.2) is 4.79 Å². The van der Waals surface area contributed by atoms with Crippen molar-refractivity contribution in [1.29, 1.82) is 0 Å². The highest BCUT2D eigenvalue weighted by Crippen LogP contribution is 2.18. The molecule has 0 aromatic heterocycles. The molecule has 116 valence electrons. The van der Waals surface area contributed by atoms with Crippen molar-refractivity contribution >= 4 is 12.0 Å². The summed E-state index contributed by atoms with van der Waals surface area (Å²) in [5, 5.41) is 11.2. The number of rotatable bonds is 5. The lowest BCUT2D eigenvalue weighted by Gasteiger charge is -2.26. The van der Waals surface area contributed by atoms with Crippen LogP contribution in [0.25, 0.3) is 0 Å². The van der Waals surface area contributed by atoms with Gasteiger partial charge in [0.15, 0.2) is 0 Å². The maximum Gasteiger partial charge on any atom is 0.406 e. The summed E-state index contributed by atoms with van der Waals surface area (Å²) in [7, 11) is 0. The summed E-state index contributed by atoms with van der Waals surface area (Å²) in [6.45, 7) is 0.145. The summed E-state index contributed by atoms with van der Waals surface area (Å²) in [6, 6.07) is -1.74. The zero-order valence-electron chi connectivity index (χ0n) is 10.9. The first kappa shape index (κ1) is 16.5. The van der Waals surface area contributed by atoms with Gasteiger partial charge < -0.3 is 20.1 Å². The maximum atomic E-state index is 12.4. The molecule has 1 saturated heterocycles. The maximum absolute atomic E-state index is 12.4. The number of aliphatic carboxylic acids is 1. The number of halogens is 3. The highest BCUT2D eigenvalue weighted by molar-refractivity contribution is 5.77. The first-order valence-electron chi connectivity index (χ1n) is 6.17. The Morgan fingerprint density at radius 1 is 1.40 bits per heavy atom. The van der Waals surface area contributed by atoms with Gasteiger partial charge in [0.2, 0.25) is 0 Å². The predicted octanol–water partition coefficient (Wildman–Crippen LogP) is 1.07. The van der Waals surface area contributed by atoms with Crippen molar-refractivity contribution in [3.8, 4) is 0 Å². The van der Waals surface area contributed by atoms with Gasteiger partial charge >= 0.3 is 18.2 Å². The van der Waals surface area contributed by atoms with E-state index in [9.17, 15) is 22.8 Å². The van der Waals surface area contributed by atoms with Gasteiger partial charge in [0, 0.05) is 6.54 Å². The first-order valence-corrected chi connectivity index (χ1v) is 6.17. The number of nitrogens with one attached hydrogen (secondary N) is 1. The largest absolute Gasteiger partial charge is 0.481 e. The Morgan fingerprint density at radius 3 is 2.55 bits per heavy atom. The average Bonchev–Trinajstić information content (AvgIpc) is 2.74. The number of amides is 2. The zero-order valence-corrected chi connectivity index (χ0v) is 10.9. The number of carbonyl (C=O) groups excluding carboxylic acids is 1. The second-order valence-corrected chi connectivity index (χ2v) is 4.57. The number of hydrogen-bond acceptors (Lipinski definition) is 3. The van der Waals surface area contributed by atoms with Gasteiger partial charge in [0.25, 0.3) is 0 Å². The van der Waals surface area contributed by atoms with E-state index in [4.69, 9.17) is 9.84 Å². The van der Waals surface area contributed by atoms with Gasteiger partial charge in [-0.3, -0.25) is 4.79 Å². The highest BCUT2D eigenvalue weighted by Gasteiger charge is 2.38. The Balaban J connectivity index is 2.63. The highest BCUT2D eigenvalue weighted by atomic mass is 19.4. The smallest absolute Gasteiger partial charge is 0.406 e. The standard InChI is InChI=1S/C11H17F3N2O4/c1-2-3-16(6-11(12,13)14)10(19)15-8-5-20-4-7(8)9(17)18/h7-8H,2-6H2,1H3,(H,15,19)(H,17,18). The lowest BCUT2D eigenvalue weighted by atomic mass is 10.0. The minimum Gasteiger partial charge on any atom is -0.481 e. The summed E-state index contributed by atoms with van der Waals surface area (Å²) < 4.78 is 42.0. The third kappa shape index (κ3) is 4.87. The lowest BCUT2D eigenvalue weighted by Crippen LogP contribution is -2.51. The van der Waals surface area contributed by atoms with Crippen LogP contribution in [-0.4, -0.2) is 60.5 Å². The molecule has 1 heterocycles. The Morgan fingerprint density at radius 2 is 2.05 bits per heavy atom. The first-order chi connectivity index (χ1) is 9.24. The van der Waals surface area contributed by atoms with Crippen LogP contribution in [0.3, 0.4) is 0 Å². The Kier molecular flexibility index (Phi) is 5.61. The van der Waals surface area contributed by atoms with E-state index in [1.165, 1.54) is 0 Å². The molecule has 0 saturated carbocycles. The molecule has 1 rings (SSSR count). The molecule has 2 N–H and O–H groups in total. The van der Waals surface area contributed by atoms with E-state index in [1.54, 1.807) is 6.92 Å². The number of carbonyl (C=O) groups is 2. The monoisotopic (exact) mass is 298 g/mol. The third-order valence-electron chi connectivity index (χ3n) is 2.86. The fraction of sp³-hybridized carbons (Fsp3) is 0.818. The van der Waals surface area contributed by atoms with Crippen LogP contribution in [-0.2, 0) is 9.53 Å². The number of carboxylic acids is 1. The van der Waals surface area contributed by atoms with Crippen LogP contribution < -0.4 is 5.32 Å². The molecule has 0 bridgehead atoms. The molecule has 0 aromatic carbocycles. The van der Waals surface area contributed by atoms with E-state index < -0.39 is 36.7 Å². The SMILES string of the molecule is CCCN(CC(F)(F)F)C(=O)NC1COCC1C(=O)O. The van der Waals surface area contributed by atoms with Gasteiger partial charge in [-0.15, -0.1) is 0 Å². The number of carboxylic acid groups (broad SMARTS) is 1. The summed E-state index contributed by atoms with van der Waals surface area (Å²) in [5.74, 6) is -2.08. The summed E-state index contributed by atoms with van der Waals surface area (Å²) >= 11 is 0.